The molecular formula is C40H65NO6. The molecule has 0 aromatic rings. The SMILES string of the molecule is C=C(C)C1CC[C@]2(CCOC(=O)N(C)C)CC[C@]3(C)[C@H](CC[C@@H]4[C@@]5(C)CC[C@H](OC(=O)CC(C)(C)C(=O)O)C(C)(C)[C@@H]5CC[C@]43C)[C@@H]12. The highest BCUT2D eigenvalue weighted by Gasteiger charge is 2.71. The third-order valence-electron chi connectivity index (χ3n) is 15.8. The second kappa shape index (κ2) is 12.1. The Morgan fingerprint density at radius 1 is 0.872 bits per heavy atom. The highest BCUT2D eigenvalue weighted by molar-refractivity contribution is 5.81. The van der Waals surface area contributed by atoms with E-state index in [2.05, 4.69) is 48.1 Å². The predicted octanol–water partition coefficient (Wildman–Crippen LogP) is 9.15. The molecule has 0 aromatic carbocycles. The molecule has 5 aliphatic rings. The average molecular weight is 656 g/mol. The lowest BCUT2D eigenvalue weighted by Crippen LogP contribution is -2.66. The Labute approximate surface area is 285 Å². The van der Waals surface area contributed by atoms with Crippen LogP contribution in [-0.4, -0.2) is 54.8 Å². The number of carboxylic acids is 1. The number of rotatable bonds is 8. The Morgan fingerprint density at radius 2 is 1.55 bits per heavy atom. The van der Waals surface area contributed by atoms with E-state index in [-0.39, 0.29) is 45.7 Å². The molecule has 1 unspecified atom stereocenters. The monoisotopic (exact) mass is 655 g/mol. The molecule has 266 valence electrons. The molecule has 0 aliphatic heterocycles. The number of aliphatic carboxylic acids is 1. The first-order valence-corrected chi connectivity index (χ1v) is 18.6. The molecule has 0 heterocycles. The molecule has 5 aliphatic carbocycles. The fraction of sp³-hybridized carbons (Fsp3) is 0.875. The Hall–Kier alpha value is -2.05. The molecule has 0 spiro atoms. The summed E-state index contributed by atoms with van der Waals surface area (Å²) in [6.45, 7) is 22.9. The minimum atomic E-state index is -1.14. The molecule has 1 amide bonds. The summed E-state index contributed by atoms with van der Waals surface area (Å²) in [7, 11) is 3.50. The van der Waals surface area contributed by atoms with Crippen molar-refractivity contribution in [3.8, 4) is 0 Å². The lowest BCUT2D eigenvalue weighted by Gasteiger charge is -2.73. The second-order valence-corrected chi connectivity index (χ2v) is 19.0. The van der Waals surface area contributed by atoms with Gasteiger partial charge in [0.2, 0.25) is 0 Å². The van der Waals surface area contributed by atoms with E-state index < -0.39 is 17.4 Å². The first-order chi connectivity index (χ1) is 21.7. The Kier molecular flexibility index (Phi) is 9.31. The van der Waals surface area contributed by atoms with Crippen molar-refractivity contribution >= 4 is 18.0 Å². The van der Waals surface area contributed by atoms with Gasteiger partial charge in [-0.15, -0.1) is 0 Å². The molecule has 7 heteroatoms. The van der Waals surface area contributed by atoms with Gasteiger partial charge in [-0.1, -0.05) is 46.8 Å². The fourth-order valence-electron chi connectivity index (χ4n) is 13.0. The molecule has 0 radical (unpaired) electrons. The molecule has 10 atom stereocenters. The van der Waals surface area contributed by atoms with Crippen molar-refractivity contribution in [3.05, 3.63) is 12.2 Å². The number of amides is 1. The number of ether oxygens (including phenoxy) is 2. The van der Waals surface area contributed by atoms with Gasteiger partial charge in [-0.2, -0.15) is 0 Å². The molecule has 47 heavy (non-hydrogen) atoms. The Morgan fingerprint density at radius 3 is 2.17 bits per heavy atom. The predicted molar refractivity (Wildman–Crippen MR) is 185 cm³/mol. The van der Waals surface area contributed by atoms with Gasteiger partial charge >= 0.3 is 18.0 Å². The van der Waals surface area contributed by atoms with Crippen LogP contribution in [0.3, 0.4) is 0 Å². The maximum atomic E-state index is 13.0. The number of nitrogens with zero attached hydrogens (tertiary/aromatic N) is 1. The zero-order valence-corrected chi connectivity index (χ0v) is 31.3. The van der Waals surface area contributed by atoms with Crippen LogP contribution in [0.5, 0.6) is 0 Å². The van der Waals surface area contributed by atoms with E-state index in [0.29, 0.717) is 36.2 Å². The van der Waals surface area contributed by atoms with Crippen LogP contribution in [0.2, 0.25) is 0 Å². The van der Waals surface area contributed by atoms with Crippen LogP contribution < -0.4 is 0 Å². The van der Waals surface area contributed by atoms with Crippen LogP contribution in [-0.2, 0) is 19.1 Å². The Balaban J connectivity index is 1.39. The standard InChI is InChI=1S/C40H65NO6/c1-25(2)26-14-19-40(22-23-46-34(45)41(10)11)21-20-38(8)27(32(26)40)12-13-29-37(7)17-16-30(47-31(42)24-35(3,4)33(43)44)36(5,6)28(37)15-18-39(29,38)9/h26-30,32H,1,12-24H2,2-11H3,(H,43,44)/t26?,27-,28+,29-,30+,32-,37+,38-,39-,40-/m1/s1. The number of carbonyl (C=O) groups excluding carboxylic acids is 2. The highest BCUT2D eigenvalue weighted by Crippen LogP contribution is 2.78. The third kappa shape index (κ3) is 5.65. The van der Waals surface area contributed by atoms with Gasteiger partial charge in [0, 0.05) is 19.5 Å². The minimum Gasteiger partial charge on any atom is -0.481 e. The van der Waals surface area contributed by atoms with Gasteiger partial charge in [-0.05, 0) is 143 Å². The van der Waals surface area contributed by atoms with Gasteiger partial charge in [-0.25, -0.2) is 4.79 Å². The summed E-state index contributed by atoms with van der Waals surface area (Å²) >= 11 is 0. The van der Waals surface area contributed by atoms with Crippen molar-refractivity contribution in [1.82, 2.24) is 4.90 Å². The van der Waals surface area contributed by atoms with Crippen molar-refractivity contribution in [2.75, 3.05) is 20.7 Å². The van der Waals surface area contributed by atoms with Crippen molar-refractivity contribution in [2.24, 2.45) is 62.1 Å². The first kappa shape index (κ1) is 36.2. The Bertz CT molecular complexity index is 1270. The van der Waals surface area contributed by atoms with Gasteiger partial charge in [0.25, 0.3) is 0 Å². The molecule has 0 saturated heterocycles. The molecule has 0 aromatic heterocycles. The average Bonchev–Trinajstić information content (AvgIpc) is 3.34. The summed E-state index contributed by atoms with van der Waals surface area (Å²) in [4.78, 5) is 38.6. The topological polar surface area (TPSA) is 93.1 Å². The van der Waals surface area contributed by atoms with E-state index in [9.17, 15) is 19.5 Å². The third-order valence-corrected chi connectivity index (χ3v) is 15.8. The molecule has 1 N–H and O–H groups in total. The van der Waals surface area contributed by atoms with Gasteiger partial charge in [0.05, 0.1) is 18.4 Å². The molecule has 5 rings (SSSR count). The lowest BCUT2D eigenvalue weighted by atomic mass is 9.32. The zero-order chi connectivity index (χ0) is 35.0. The normalized spacial score (nSPS) is 42.2. The number of hydrogen-bond donors (Lipinski definition) is 1. The van der Waals surface area contributed by atoms with Gasteiger partial charge < -0.3 is 19.5 Å². The quantitative estimate of drug-likeness (QED) is 0.207. The van der Waals surface area contributed by atoms with Crippen molar-refractivity contribution < 1.29 is 29.0 Å². The summed E-state index contributed by atoms with van der Waals surface area (Å²) in [5.74, 6) is 1.44. The van der Waals surface area contributed by atoms with Crippen molar-refractivity contribution in [1.29, 1.82) is 0 Å². The molecule has 5 fully saturated rings. The summed E-state index contributed by atoms with van der Waals surface area (Å²) < 4.78 is 11.9. The largest absolute Gasteiger partial charge is 0.481 e. The van der Waals surface area contributed by atoms with Crippen LogP contribution >= 0.6 is 0 Å². The molecular weight excluding hydrogens is 590 g/mol. The maximum absolute atomic E-state index is 13.0. The number of allylic oxidation sites excluding steroid dienone is 1. The van der Waals surface area contributed by atoms with Crippen molar-refractivity contribution in [2.45, 2.75) is 139 Å². The van der Waals surface area contributed by atoms with Crippen LogP contribution in [0.25, 0.3) is 0 Å². The minimum absolute atomic E-state index is 0.108. The van der Waals surface area contributed by atoms with Gasteiger partial charge in [-0.3, -0.25) is 9.59 Å². The molecule has 7 nitrogen and oxygen atoms in total. The number of fused-ring (bicyclic) bond motifs is 7. The first-order valence-electron chi connectivity index (χ1n) is 18.6. The summed E-state index contributed by atoms with van der Waals surface area (Å²) in [5.41, 5.74) is 0.829. The second-order valence-electron chi connectivity index (χ2n) is 19.0. The lowest BCUT2D eigenvalue weighted by molar-refractivity contribution is -0.251. The smallest absolute Gasteiger partial charge is 0.409 e. The molecule has 5 saturated carbocycles. The molecule has 0 bridgehead atoms. The van der Waals surface area contributed by atoms with Crippen LogP contribution in [0.15, 0.2) is 12.2 Å². The number of esters is 1. The van der Waals surface area contributed by atoms with E-state index in [1.54, 1.807) is 27.9 Å². The van der Waals surface area contributed by atoms with Crippen LogP contribution in [0.1, 0.15) is 132 Å². The summed E-state index contributed by atoms with van der Waals surface area (Å²) in [5, 5.41) is 9.57. The van der Waals surface area contributed by atoms with Gasteiger partial charge in [0.1, 0.15) is 6.10 Å². The zero-order valence-electron chi connectivity index (χ0n) is 31.3. The maximum Gasteiger partial charge on any atom is 0.409 e. The van der Waals surface area contributed by atoms with E-state index in [0.717, 1.165) is 25.7 Å². The highest BCUT2D eigenvalue weighted by atomic mass is 16.6. The van der Waals surface area contributed by atoms with E-state index in [1.165, 1.54) is 55.4 Å². The summed E-state index contributed by atoms with van der Waals surface area (Å²) in [6.07, 6.45) is 11.9. The number of carbonyl (C=O) groups is 3. The van der Waals surface area contributed by atoms with E-state index in [1.807, 2.05) is 0 Å². The van der Waals surface area contributed by atoms with Crippen molar-refractivity contribution in [3.63, 3.8) is 0 Å². The van der Waals surface area contributed by atoms with E-state index >= 15 is 0 Å². The van der Waals surface area contributed by atoms with E-state index in [4.69, 9.17) is 9.47 Å². The summed E-state index contributed by atoms with van der Waals surface area (Å²) in [6, 6.07) is 0. The number of hydrogen-bond acceptors (Lipinski definition) is 5. The van der Waals surface area contributed by atoms with Crippen LogP contribution in [0.4, 0.5) is 4.79 Å². The fourth-order valence-corrected chi connectivity index (χ4v) is 13.0. The van der Waals surface area contributed by atoms with Crippen LogP contribution in [0, 0.1) is 62.1 Å². The van der Waals surface area contributed by atoms with Gasteiger partial charge in [0.15, 0.2) is 0 Å². The number of carboxylic acid groups (broad SMARTS) is 1.